The molecule has 0 spiro atoms. The van der Waals surface area contributed by atoms with Crippen LogP contribution in [0.5, 0.6) is 5.75 Å². The highest BCUT2D eigenvalue weighted by molar-refractivity contribution is 7.89. The van der Waals surface area contributed by atoms with Gasteiger partial charge in [0.1, 0.15) is 18.2 Å². The molecule has 1 aliphatic heterocycles. The lowest BCUT2D eigenvalue weighted by atomic mass is 9.99. The van der Waals surface area contributed by atoms with Crippen molar-refractivity contribution in [1.29, 1.82) is 0 Å². The van der Waals surface area contributed by atoms with Crippen molar-refractivity contribution >= 4 is 10.0 Å². The Morgan fingerprint density at radius 2 is 2.09 bits per heavy atom. The molecule has 0 radical (unpaired) electrons. The zero-order valence-electron chi connectivity index (χ0n) is 12.5. The molecule has 0 saturated carbocycles. The predicted molar refractivity (Wildman–Crippen MR) is 81.8 cm³/mol. The lowest BCUT2D eigenvalue weighted by Gasteiger charge is -2.21. The molecule has 1 fully saturated rings. The van der Waals surface area contributed by atoms with Gasteiger partial charge in [0.05, 0.1) is 5.75 Å². The second kappa shape index (κ2) is 8.45. The monoisotopic (exact) mass is 331 g/mol. The molecule has 22 heavy (non-hydrogen) atoms. The van der Waals surface area contributed by atoms with Gasteiger partial charge in [0.25, 0.3) is 0 Å². The number of benzene rings is 1. The SMILES string of the molecule is O=S(=O)(CCOc1ccc(F)cc1)NCC[C@@H]1CCCOC1. The number of ether oxygens (including phenoxy) is 2. The summed E-state index contributed by atoms with van der Waals surface area (Å²) in [6.07, 6.45) is 2.93. The van der Waals surface area contributed by atoms with Gasteiger partial charge in [-0.25, -0.2) is 17.5 Å². The number of rotatable bonds is 8. The molecule has 1 saturated heterocycles. The van der Waals surface area contributed by atoms with E-state index in [0.717, 1.165) is 32.5 Å². The number of hydrogen-bond donors (Lipinski definition) is 1. The fraction of sp³-hybridized carbons (Fsp3) is 0.600. The summed E-state index contributed by atoms with van der Waals surface area (Å²) >= 11 is 0. The first-order valence-electron chi connectivity index (χ1n) is 7.48. The molecule has 0 aliphatic carbocycles. The molecule has 1 N–H and O–H groups in total. The van der Waals surface area contributed by atoms with Gasteiger partial charge < -0.3 is 9.47 Å². The zero-order chi connectivity index (χ0) is 15.8. The molecule has 1 aromatic carbocycles. The molecule has 7 heteroatoms. The molecule has 5 nitrogen and oxygen atoms in total. The Kier molecular flexibility index (Phi) is 6.60. The molecule has 1 aliphatic rings. The highest BCUT2D eigenvalue weighted by Crippen LogP contribution is 2.16. The highest BCUT2D eigenvalue weighted by atomic mass is 32.2. The third-order valence-corrected chi connectivity index (χ3v) is 4.91. The maximum atomic E-state index is 12.7. The van der Waals surface area contributed by atoms with Gasteiger partial charge in [-0.2, -0.15) is 0 Å². The van der Waals surface area contributed by atoms with E-state index in [4.69, 9.17) is 9.47 Å². The first-order valence-corrected chi connectivity index (χ1v) is 9.14. The Morgan fingerprint density at radius 3 is 2.77 bits per heavy atom. The Morgan fingerprint density at radius 1 is 1.32 bits per heavy atom. The van der Waals surface area contributed by atoms with Crippen molar-refractivity contribution in [3.63, 3.8) is 0 Å². The van der Waals surface area contributed by atoms with Crippen molar-refractivity contribution in [2.24, 2.45) is 5.92 Å². The second-order valence-corrected chi connectivity index (χ2v) is 7.31. The van der Waals surface area contributed by atoms with E-state index in [0.29, 0.717) is 18.2 Å². The molecule has 0 aromatic heterocycles. The van der Waals surface area contributed by atoms with E-state index >= 15 is 0 Å². The minimum Gasteiger partial charge on any atom is -0.492 e. The van der Waals surface area contributed by atoms with Gasteiger partial charge in [0.15, 0.2) is 0 Å². The van der Waals surface area contributed by atoms with E-state index in [1.165, 1.54) is 24.3 Å². The summed E-state index contributed by atoms with van der Waals surface area (Å²) in [4.78, 5) is 0. The smallest absolute Gasteiger partial charge is 0.214 e. The minimum atomic E-state index is -3.35. The van der Waals surface area contributed by atoms with E-state index in [2.05, 4.69) is 4.72 Å². The summed E-state index contributed by atoms with van der Waals surface area (Å²) in [5, 5.41) is 0. The zero-order valence-corrected chi connectivity index (χ0v) is 13.3. The molecule has 0 amide bonds. The van der Waals surface area contributed by atoms with E-state index in [1.54, 1.807) is 0 Å². The molecular formula is C15H22FNO4S. The van der Waals surface area contributed by atoms with Gasteiger partial charge >= 0.3 is 0 Å². The summed E-state index contributed by atoms with van der Waals surface area (Å²) in [6.45, 7) is 1.98. The lowest BCUT2D eigenvalue weighted by molar-refractivity contribution is 0.0523. The van der Waals surface area contributed by atoms with Crippen LogP contribution in [0.3, 0.4) is 0 Å². The van der Waals surface area contributed by atoms with Gasteiger partial charge in [-0.15, -0.1) is 0 Å². The molecule has 2 rings (SSSR count). The summed E-state index contributed by atoms with van der Waals surface area (Å²) in [7, 11) is -3.35. The third-order valence-electron chi connectivity index (χ3n) is 3.56. The highest BCUT2D eigenvalue weighted by Gasteiger charge is 2.15. The van der Waals surface area contributed by atoms with Crippen molar-refractivity contribution in [3.05, 3.63) is 30.1 Å². The predicted octanol–water partition coefficient (Wildman–Crippen LogP) is 1.94. The van der Waals surface area contributed by atoms with Gasteiger partial charge in [-0.3, -0.25) is 0 Å². The van der Waals surface area contributed by atoms with Gasteiger partial charge in [-0.1, -0.05) is 0 Å². The molecule has 0 bridgehead atoms. The minimum absolute atomic E-state index is 0.0352. The summed E-state index contributed by atoms with van der Waals surface area (Å²) in [6, 6.07) is 5.49. The van der Waals surface area contributed by atoms with Crippen LogP contribution in [0.2, 0.25) is 0 Å². The standard InChI is InChI=1S/C15H22FNO4S/c16-14-3-5-15(6-4-14)21-10-11-22(18,19)17-8-7-13-2-1-9-20-12-13/h3-6,13,17H,1-2,7-12H2/t13-/m0/s1. The maximum absolute atomic E-state index is 12.7. The molecule has 1 aromatic rings. The van der Waals surface area contributed by atoms with Crippen molar-refractivity contribution in [3.8, 4) is 5.75 Å². The van der Waals surface area contributed by atoms with Gasteiger partial charge in [-0.05, 0) is 49.4 Å². The van der Waals surface area contributed by atoms with Gasteiger partial charge in [0.2, 0.25) is 10.0 Å². The number of hydrogen-bond acceptors (Lipinski definition) is 4. The number of nitrogens with one attached hydrogen (secondary N) is 1. The molecule has 124 valence electrons. The number of sulfonamides is 1. The lowest BCUT2D eigenvalue weighted by Crippen LogP contribution is -2.31. The van der Waals surface area contributed by atoms with E-state index in [9.17, 15) is 12.8 Å². The fourth-order valence-electron chi connectivity index (χ4n) is 2.33. The molecular weight excluding hydrogens is 309 g/mol. The van der Waals surface area contributed by atoms with Crippen LogP contribution in [0, 0.1) is 11.7 Å². The maximum Gasteiger partial charge on any atom is 0.214 e. The Hall–Kier alpha value is -1.18. The van der Waals surface area contributed by atoms with Crippen LogP contribution >= 0.6 is 0 Å². The summed E-state index contributed by atoms with van der Waals surface area (Å²) in [5.74, 6) is 0.419. The Balaban J connectivity index is 1.64. The molecule has 0 unspecified atom stereocenters. The van der Waals surface area contributed by atoms with E-state index in [-0.39, 0.29) is 18.2 Å². The van der Waals surface area contributed by atoms with Crippen LogP contribution in [0.25, 0.3) is 0 Å². The number of halogens is 1. The van der Waals surface area contributed by atoms with Gasteiger partial charge in [0, 0.05) is 19.8 Å². The van der Waals surface area contributed by atoms with Crippen molar-refractivity contribution < 1.29 is 22.3 Å². The Labute approximate surface area is 130 Å². The first-order chi connectivity index (χ1) is 10.6. The average Bonchev–Trinajstić information content (AvgIpc) is 2.50. The normalized spacial score (nSPS) is 19.0. The topological polar surface area (TPSA) is 64.6 Å². The second-order valence-electron chi connectivity index (χ2n) is 5.39. The fourth-order valence-corrected chi connectivity index (χ4v) is 3.20. The van der Waals surface area contributed by atoms with Crippen molar-refractivity contribution in [1.82, 2.24) is 4.72 Å². The Bertz CT molecular complexity index is 541. The van der Waals surface area contributed by atoms with Crippen molar-refractivity contribution in [2.75, 3.05) is 32.1 Å². The van der Waals surface area contributed by atoms with Crippen LogP contribution in [0.1, 0.15) is 19.3 Å². The van der Waals surface area contributed by atoms with Crippen LogP contribution in [0.4, 0.5) is 4.39 Å². The summed E-state index contributed by atoms with van der Waals surface area (Å²) in [5.41, 5.74) is 0. The quantitative estimate of drug-likeness (QED) is 0.791. The third kappa shape index (κ3) is 6.29. The molecule has 1 atom stereocenters. The van der Waals surface area contributed by atoms with Crippen LogP contribution < -0.4 is 9.46 Å². The van der Waals surface area contributed by atoms with E-state index < -0.39 is 10.0 Å². The average molecular weight is 331 g/mol. The van der Waals surface area contributed by atoms with Crippen LogP contribution in [0.15, 0.2) is 24.3 Å². The van der Waals surface area contributed by atoms with E-state index in [1.807, 2.05) is 0 Å². The first kappa shape index (κ1) is 17.2. The largest absolute Gasteiger partial charge is 0.492 e. The van der Waals surface area contributed by atoms with Crippen LogP contribution in [-0.4, -0.2) is 40.5 Å². The van der Waals surface area contributed by atoms with Crippen molar-refractivity contribution in [2.45, 2.75) is 19.3 Å². The van der Waals surface area contributed by atoms with Crippen LogP contribution in [-0.2, 0) is 14.8 Å². The molecule has 1 heterocycles. The summed E-state index contributed by atoms with van der Waals surface area (Å²) < 4.78 is 49.6.